The summed E-state index contributed by atoms with van der Waals surface area (Å²) < 4.78 is 5.66. The fourth-order valence-corrected chi connectivity index (χ4v) is 3.44. The number of nitrogens with zero attached hydrogens (tertiary/aromatic N) is 2. The van der Waals surface area contributed by atoms with Crippen molar-refractivity contribution >= 4 is 34.2 Å². The number of hydrogen-bond acceptors (Lipinski definition) is 4. The van der Waals surface area contributed by atoms with Crippen LogP contribution in [0.25, 0.3) is 11.0 Å². The standard InChI is InChI=1S/C22H21N3O3/c1-14-18-6-3-4-7-19(18)28-21(14)22(27)24-23-15(2)16-9-11-17(12-10-16)25-13-5-8-20(25)26/h3-4,6-7,9-12H,5,8,13H2,1-2H3,(H,24,27)/b23-15-. The molecule has 1 saturated heterocycles. The van der Waals surface area contributed by atoms with Crippen molar-refractivity contribution in [2.45, 2.75) is 26.7 Å². The molecule has 0 aliphatic carbocycles. The van der Waals surface area contributed by atoms with Crippen molar-refractivity contribution in [1.29, 1.82) is 0 Å². The zero-order valence-corrected chi connectivity index (χ0v) is 15.9. The molecule has 0 saturated carbocycles. The van der Waals surface area contributed by atoms with Crippen LogP contribution in [-0.4, -0.2) is 24.1 Å². The summed E-state index contributed by atoms with van der Waals surface area (Å²) >= 11 is 0. The number of anilines is 1. The Morgan fingerprint density at radius 2 is 1.89 bits per heavy atom. The Bertz CT molecular complexity index is 1080. The molecule has 2 heterocycles. The van der Waals surface area contributed by atoms with Crippen molar-refractivity contribution in [2.75, 3.05) is 11.4 Å². The summed E-state index contributed by atoms with van der Waals surface area (Å²) in [6.07, 6.45) is 1.50. The maximum absolute atomic E-state index is 12.5. The molecule has 0 atom stereocenters. The summed E-state index contributed by atoms with van der Waals surface area (Å²) in [5, 5.41) is 5.12. The first-order valence-corrected chi connectivity index (χ1v) is 9.28. The van der Waals surface area contributed by atoms with E-state index in [2.05, 4.69) is 10.5 Å². The first kappa shape index (κ1) is 18.0. The van der Waals surface area contributed by atoms with Gasteiger partial charge in [-0.25, -0.2) is 5.43 Å². The van der Waals surface area contributed by atoms with Crippen LogP contribution < -0.4 is 10.3 Å². The molecule has 6 nitrogen and oxygen atoms in total. The normalized spacial score (nSPS) is 14.7. The second kappa shape index (κ2) is 7.31. The second-order valence-electron chi connectivity index (χ2n) is 6.89. The summed E-state index contributed by atoms with van der Waals surface area (Å²) in [5.74, 6) is 0.0413. The summed E-state index contributed by atoms with van der Waals surface area (Å²) in [5.41, 5.74) is 6.47. The lowest BCUT2D eigenvalue weighted by Gasteiger charge is -2.15. The number of hydrogen-bond donors (Lipinski definition) is 1. The fourth-order valence-electron chi connectivity index (χ4n) is 3.44. The third-order valence-corrected chi connectivity index (χ3v) is 5.05. The monoisotopic (exact) mass is 375 g/mol. The molecule has 6 heteroatoms. The molecule has 1 aliphatic rings. The number of hydrazone groups is 1. The lowest BCUT2D eigenvalue weighted by Crippen LogP contribution is -2.23. The Balaban J connectivity index is 1.48. The number of carbonyl (C=O) groups excluding carboxylic acids is 2. The van der Waals surface area contributed by atoms with Gasteiger partial charge in [-0.3, -0.25) is 9.59 Å². The molecule has 1 aromatic heterocycles. The van der Waals surface area contributed by atoms with Gasteiger partial charge in [-0.05, 0) is 44.0 Å². The van der Waals surface area contributed by atoms with Crippen LogP contribution in [0.3, 0.4) is 0 Å². The number of para-hydroxylation sites is 1. The van der Waals surface area contributed by atoms with Crippen molar-refractivity contribution in [3.05, 3.63) is 65.4 Å². The van der Waals surface area contributed by atoms with Gasteiger partial charge in [0.15, 0.2) is 5.76 Å². The van der Waals surface area contributed by atoms with E-state index in [1.54, 1.807) is 4.90 Å². The molecule has 4 rings (SSSR count). The first-order valence-electron chi connectivity index (χ1n) is 9.28. The van der Waals surface area contributed by atoms with Gasteiger partial charge in [0.1, 0.15) is 5.58 Å². The minimum Gasteiger partial charge on any atom is -0.451 e. The number of fused-ring (bicyclic) bond motifs is 1. The van der Waals surface area contributed by atoms with Crippen LogP contribution in [0.15, 0.2) is 58.0 Å². The largest absolute Gasteiger partial charge is 0.451 e. The average molecular weight is 375 g/mol. The Labute approximate surface area is 162 Å². The minimum atomic E-state index is -0.382. The lowest BCUT2D eigenvalue weighted by atomic mass is 10.1. The van der Waals surface area contributed by atoms with Crippen molar-refractivity contribution < 1.29 is 14.0 Å². The van der Waals surface area contributed by atoms with E-state index in [4.69, 9.17) is 4.42 Å². The van der Waals surface area contributed by atoms with Crippen LogP contribution in [-0.2, 0) is 4.79 Å². The van der Waals surface area contributed by atoms with E-state index in [9.17, 15) is 9.59 Å². The number of amides is 2. The fraction of sp³-hybridized carbons (Fsp3) is 0.227. The van der Waals surface area contributed by atoms with Crippen LogP contribution in [0.2, 0.25) is 0 Å². The van der Waals surface area contributed by atoms with Crippen molar-refractivity contribution in [3.8, 4) is 0 Å². The summed E-state index contributed by atoms with van der Waals surface area (Å²) in [6, 6.07) is 15.2. The molecule has 2 amide bonds. The smallest absolute Gasteiger partial charge is 0.307 e. The van der Waals surface area contributed by atoms with E-state index in [1.165, 1.54) is 0 Å². The highest BCUT2D eigenvalue weighted by Crippen LogP contribution is 2.25. The van der Waals surface area contributed by atoms with Gasteiger partial charge in [0.05, 0.1) is 5.71 Å². The molecule has 0 radical (unpaired) electrons. The molecule has 3 aromatic rings. The van der Waals surface area contributed by atoms with Gasteiger partial charge in [0, 0.05) is 29.6 Å². The molecule has 0 spiro atoms. The molecular formula is C22H21N3O3. The minimum absolute atomic E-state index is 0.159. The highest BCUT2D eigenvalue weighted by atomic mass is 16.3. The molecule has 28 heavy (non-hydrogen) atoms. The number of benzene rings is 2. The van der Waals surface area contributed by atoms with Crippen LogP contribution in [0, 0.1) is 6.92 Å². The number of carbonyl (C=O) groups is 2. The SMILES string of the molecule is C/C(=N/NC(=O)c1oc2ccccc2c1C)c1ccc(N2CCCC2=O)cc1. The van der Waals surface area contributed by atoms with Gasteiger partial charge in [-0.1, -0.05) is 30.3 Å². The summed E-state index contributed by atoms with van der Waals surface area (Å²) in [4.78, 5) is 26.1. The summed E-state index contributed by atoms with van der Waals surface area (Å²) in [6.45, 7) is 4.44. The zero-order chi connectivity index (χ0) is 19.7. The zero-order valence-electron chi connectivity index (χ0n) is 15.9. The topological polar surface area (TPSA) is 74.9 Å². The van der Waals surface area contributed by atoms with Crippen molar-refractivity contribution in [3.63, 3.8) is 0 Å². The summed E-state index contributed by atoms with van der Waals surface area (Å²) in [7, 11) is 0. The molecule has 0 unspecified atom stereocenters. The predicted molar refractivity (Wildman–Crippen MR) is 109 cm³/mol. The third kappa shape index (κ3) is 3.29. The Morgan fingerprint density at radius 1 is 1.14 bits per heavy atom. The average Bonchev–Trinajstić information content (AvgIpc) is 3.29. The van der Waals surface area contributed by atoms with Gasteiger partial charge in [0.25, 0.3) is 0 Å². The van der Waals surface area contributed by atoms with Gasteiger partial charge in [0.2, 0.25) is 5.91 Å². The number of aryl methyl sites for hydroxylation is 1. The van der Waals surface area contributed by atoms with Gasteiger partial charge < -0.3 is 9.32 Å². The van der Waals surface area contributed by atoms with E-state index in [-0.39, 0.29) is 17.6 Å². The third-order valence-electron chi connectivity index (χ3n) is 5.05. The molecular weight excluding hydrogens is 354 g/mol. The quantitative estimate of drug-likeness (QED) is 0.553. The van der Waals surface area contributed by atoms with Crippen LogP contribution in [0.5, 0.6) is 0 Å². The number of rotatable bonds is 4. The molecule has 142 valence electrons. The Morgan fingerprint density at radius 3 is 2.57 bits per heavy atom. The van der Waals surface area contributed by atoms with E-state index in [1.807, 2.05) is 62.4 Å². The maximum Gasteiger partial charge on any atom is 0.307 e. The molecule has 2 aromatic carbocycles. The molecule has 0 bridgehead atoms. The maximum atomic E-state index is 12.5. The Kier molecular flexibility index (Phi) is 4.69. The highest BCUT2D eigenvalue weighted by molar-refractivity contribution is 6.02. The van der Waals surface area contributed by atoms with Crippen LogP contribution in [0.1, 0.15) is 41.4 Å². The van der Waals surface area contributed by atoms with Crippen LogP contribution >= 0.6 is 0 Å². The van der Waals surface area contributed by atoms with Gasteiger partial charge in [-0.2, -0.15) is 5.10 Å². The predicted octanol–water partition coefficient (Wildman–Crippen LogP) is 4.02. The first-order chi connectivity index (χ1) is 13.5. The van der Waals surface area contributed by atoms with E-state index < -0.39 is 0 Å². The van der Waals surface area contributed by atoms with Crippen molar-refractivity contribution in [2.24, 2.45) is 5.10 Å². The Hall–Kier alpha value is -3.41. The lowest BCUT2D eigenvalue weighted by molar-refractivity contribution is -0.117. The van der Waals surface area contributed by atoms with E-state index in [0.29, 0.717) is 17.7 Å². The van der Waals surface area contributed by atoms with Gasteiger partial charge >= 0.3 is 5.91 Å². The molecule has 1 fully saturated rings. The molecule has 1 N–H and O–H groups in total. The van der Waals surface area contributed by atoms with E-state index in [0.717, 1.165) is 35.2 Å². The van der Waals surface area contributed by atoms with Crippen LogP contribution in [0.4, 0.5) is 5.69 Å². The molecule has 1 aliphatic heterocycles. The number of nitrogens with one attached hydrogen (secondary N) is 1. The second-order valence-corrected chi connectivity index (χ2v) is 6.89. The number of furan rings is 1. The highest BCUT2D eigenvalue weighted by Gasteiger charge is 2.21. The van der Waals surface area contributed by atoms with Crippen molar-refractivity contribution in [1.82, 2.24) is 5.43 Å². The van der Waals surface area contributed by atoms with Gasteiger partial charge in [-0.15, -0.1) is 0 Å². The van der Waals surface area contributed by atoms with E-state index >= 15 is 0 Å².